The molecule has 16 nitrogen and oxygen atoms in total. The van der Waals surface area contributed by atoms with Gasteiger partial charge in [0.1, 0.15) is 23.0 Å². The molecule has 0 atom stereocenters. The number of hydrogen-bond donors (Lipinski definition) is 8. The van der Waals surface area contributed by atoms with Gasteiger partial charge in [0, 0.05) is 38.3 Å². The molecule has 0 saturated carbocycles. The second kappa shape index (κ2) is 27.1. The highest BCUT2D eigenvalue weighted by Crippen LogP contribution is 2.27. The van der Waals surface area contributed by atoms with Gasteiger partial charge in [0.15, 0.2) is 23.8 Å². The number of benzene rings is 3. The van der Waals surface area contributed by atoms with Crippen molar-refractivity contribution < 1.29 is 18.9 Å². The molecule has 0 fully saturated rings. The summed E-state index contributed by atoms with van der Waals surface area (Å²) in [6.07, 6.45) is 14.6. The molecule has 0 bridgehead atoms. The highest BCUT2D eigenvalue weighted by atomic mass is 16.5. The van der Waals surface area contributed by atoms with E-state index in [0.717, 1.165) is 73.6 Å². The number of rotatable bonds is 28. The van der Waals surface area contributed by atoms with E-state index in [0.29, 0.717) is 75.6 Å². The number of aliphatic imine (C=N–C) groups is 4. The Morgan fingerprint density at radius 2 is 0.586 bits per heavy atom. The van der Waals surface area contributed by atoms with Crippen molar-refractivity contribution in [3.63, 3.8) is 0 Å². The van der Waals surface area contributed by atoms with Crippen molar-refractivity contribution in [1.29, 1.82) is 0 Å². The lowest BCUT2D eigenvalue weighted by atomic mass is 10.1. The molecule has 0 amide bonds. The molecule has 0 aromatic heterocycles. The van der Waals surface area contributed by atoms with Gasteiger partial charge in [-0.15, -0.1) is 0 Å². The third-order valence-corrected chi connectivity index (χ3v) is 8.14. The average Bonchev–Trinajstić information content (AvgIpc) is 3.18. The van der Waals surface area contributed by atoms with Crippen LogP contribution in [0.4, 0.5) is 0 Å². The predicted molar refractivity (Wildman–Crippen MR) is 239 cm³/mol. The SMILES string of the molecule is NC(N)=NCCCCOc1cc(/C=C/c2ccc(/C=C/c3cc(OCCCCN=C(N)N)cc(OCCCCN=C(N)N)c3)cc2)cc(OCCCCN=C(N)N)c1. The first-order valence-electron chi connectivity index (χ1n) is 19.5. The van der Waals surface area contributed by atoms with E-state index in [2.05, 4.69) is 56.4 Å². The fourth-order valence-electron chi connectivity index (χ4n) is 5.26. The van der Waals surface area contributed by atoms with Gasteiger partial charge in [-0.3, -0.25) is 20.0 Å². The van der Waals surface area contributed by atoms with Crippen molar-refractivity contribution in [3.8, 4) is 23.0 Å². The van der Waals surface area contributed by atoms with Crippen LogP contribution in [-0.4, -0.2) is 76.4 Å². The van der Waals surface area contributed by atoms with E-state index in [4.69, 9.17) is 64.8 Å². The van der Waals surface area contributed by atoms with Gasteiger partial charge in [0.05, 0.1) is 26.4 Å². The molecule has 0 unspecified atom stereocenters. The molecule has 16 heteroatoms. The molecule has 3 rings (SSSR count). The zero-order chi connectivity index (χ0) is 41.8. The number of unbranched alkanes of at least 4 members (excludes halogenated alkanes) is 4. The number of ether oxygens (including phenoxy) is 4. The average molecular weight is 799 g/mol. The Morgan fingerprint density at radius 1 is 0.345 bits per heavy atom. The van der Waals surface area contributed by atoms with Gasteiger partial charge >= 0.3 is 0 Å². The minimum absolute atomic E-state index is 0.0914. The summed E-state index contributed by atoms with van der Waals surface area (Å²) in [5, 5.41) is 0. The van der Waals surface area contributed by atoms with Crippen LogP contribution >= 0.6 is 0 Å². The molecule has 3 aromatic rings. The lowest BCUT2D eigenvalue weighted by molar-refractivity contribution is 0.292. The van der Waals surface area contributed by atoms with E-state index in [9.17, 15) is 0 Å². The lowest BCUT2D eigenvalue weighted by Gasteiger charge is -2.11. The van der Waals surface area contributed by atoms with Crippen LogP contribution in [0.25, 0.3) is 24.3 Å². The molecule has 314 valence electrons. The molecule has 0 aliphatic rings. The topological polar surface area (TPSA) is 295 Å². The molecule has 58 heavy (non-hydrogen) atoms. The Kier molecular flexibility index (Phi) is 21.4. The van der Waals surface area contributed by atoms with Crippen LogP contribution in [-0.2, 0) is 0 Å². The maximum atomic E-state index is 6.08. The smallest absolute Gasteiger partial charge is 0.185 e. The molecule has 16 N–H and O–H groups in total. The number of nitrogens with zero attached hydrogens (tertiary/aromatic N) is 4. The summed E-state index contributed by atoms with van der Waals surface area (Å²) in [7, 11) is 0. The first kappa shape index (κ1) is 45.8. The highest BCUT2D eigenvalue weighted by Gasteiger charge is 2.05. The second-order valence-electron chi connectivity index (χ2n) is 13.3. The van der Waals surface area contributed by atoms with Crippen LogP contribution in [0.15, 0.2) is 80.6 Å². The standard InChI is InChI=1S/C42H62N12O4/c43-39(44)51-17-1-5-21-55-35-25-33(26-36(29-35)56-22-6-2-18-52-40(45)46)15-13-31-9-11-32(12-10-31)14-16-34-27-37(57-23-7-3-19-53-41(47)48)30-38(28-34)58-24-8-4-20-54-42(49)50/h9-16,25-30H,1-8,17-24H2,(H4,43,44,51)(H4,45,46,52)(H4,47,48,53)(H4,49,50,54)/b15-13+,16-14+. The first-order chi connectivity index (χ1) is 28.0. The molecular formula is C42H62N12O4. The highest BCUT2D eigenvalue weighted by molar-refractivity contribution is 5.77. The minimum Gasteiger partial charge on any atom is -0.493 e. The quantitative estimate of drug-likeness (QED) is 0.0226. The molecular weight excluding hydrogens is 737 g/mol. The first-order valence-corrected chi connectivity index (χ1v) is 19.5. The largest absolute Gasteiger partial charge is 0.493 e. The number of guanidine groups is 4. The summed E-state index contributed by atoms with van der Waals surface area (Å²) in [6.45, 7) is 4.33. The van der Waals surface area contributed by atoms with Crippen LogP contribution in [0.3, 0.4) is 0 Å². The molecule has 0 saturated heterocycles. The van der Waals surface area contributed by atoms with Crippen LogP contribution in [0, 0.1) is 0 Å². The van der Waals surface area contributed by atoms with Gasteiger partial charge < -0.3 is 64.8 Å². The Labute approximate surface area is 342 Å². The fraction of sp³-hybridized carbons (Fsp3) is 0.381. The summed E-state index contributed by atoms with van der Waals surface area (Å²) in [4.78, 5) is 16.1. The van der Waals surface area contributed by atoms with Gasteiger partial charge in [-0.2, -0.15) is 0 Å². The van der Waals surface area contributed by atoms with Crippen LogP contribution in [0.5, 0.6) is 23.0 Å². The van der Waals surface area contributed by atoms with Crippen molar-refractivity contribution in [2.75, 3.05) is 52.6 Å². The molecule has 0 aliphatic heterocycles. The van der Waals surface area contributed by atoms with E-state index in [1.54, 1.807) is 0 Å². The van der Waals surface area contributed by atoms with Crippen LogP contribution in [0.1, 0.15) is 73.6 Å². The summed E-state index contributed by atoms with van der Waals surface area (Å²) in [5.41, 5.74) is 47.3. The third kappa shape index (κ3) is 21.5. The maximum Gasteiger partial charge on any atom is 0.185 e. The minimum atomic E-state index is 0.0914. The maximum absolute atomic E-state index is 6.08. The third-order valence-electron chi connectivity index (χ3n) is 8.14. The van der Waals surface area contributed by atoms with Gasteiger partial charge in [-0.25, -0.2) is 0 Å². The van der Waals surface area contributed by atoms with E-state index in [1.165, 1.54) is 0 Å². The Morgan fingerprint density at radius 3 is 0.828 bits per heavy atom. The van der Waals surface area contributed by atoms with E-state index < -0.39 is 0 Å². The summed E-state index contributed by atoms with van der Waals surface area (Å²) in [6, 6.07) is 20.0. The monoisotopic (exact) mass is 799 g/mol. The van der Waals surface area contributed by atoms with Crippen molar-refractivity contribution in [2.45, 2.75) is 51.4 Å². The molecule has 0 heterocycles. The molecule has 0 radical (unpaired) electrons. The van der Waals surface area contributed by atoms with Crippen molar-refractivity contribution in [3.05, 3.63) is 82.9 Å². The van der Waals surface area contributed by atoms with E-state index in [1.807, 2.05) is 48.6 Å². The van der Waals surface area contributed by atoms with Gasteiger partial charge in [0.2, 0.25) is 0 Å². The van der Waals surface area contributed by atoms with Gasteiger partial charge in [-0.05, 0) is 97.9 Å². The van der Waals surface area contributed by atoms with Gasteiger partial charge in [0.25, 0.3) is 0 Å². The zero-order valence-corrected chi connectivity index (χ0v) is 33.4. The Balaban J connectivity index is 1.67. The van der Waals surface area contributed by atoms with Gasteiger partial charge in [-0.1, -0.05) is 48.6 Å². The molecule has 0 spiro atoms. The number of hydrogen-bond acceptors (Lipinski definition) is 8. The van der Waals surface area contributed by atoms with Crippen molar-refractivity contribution in [1.82, 2.24) is 0 Å². The normalized spacial score (nSPS) is 10.9. The molecule has 3 aromatic carbocycles. The Hall–Kier alpha value is -6.58. The zero-order valence-electron chi connectivity index (χ0n) is 33.4. The number of nitrogens with two attached hydrogens (primary N) is 8. The fourth-order valence-corrected chi connectivity index (χ4v) is 5.26. The van der Waals surface area contributed by atoms with Crippen molar-refractivity contribution >= 4 is 48.1 Å². The second-order valence-corrected chi connectivity index (χ2v) is 13.3. The summed E-state index contributed by atoms with van der Waals surface area (Å²) in [5.74, 6) is 3.23. The van der Waals surface area contributed by atoms with Crippen LogP contribution < -0.4 is 64.8 Å². The van der Waals surface area contributed by atoms with E-state index >= 15 is 0 Å². The summed E-state index contributed by atoms with van der Waals surface area (Å²) < 4.78 is 24.3. The van der Waals surface area contributed by atoms with E-state index in [-0.39, 0.29) is 23.8 Å². The Bertz CT molecular complexity index is 1600. The lowest BCUT2D eigenvalue weighted by Crippen LogP contribution is -2.23. The summed E-state index contributed by atoms with van der Waals surface area (Å²) >= 11 is 0. The molecule has 0 aliphatic carbocycles. The van der Waals surface area contributed by atoms with Crippen LogP contribution in [0.2, 0.25) is 0 Å². The van der Waals surface area contributed by atoms with Crippen molar-refractivity contribution in [2.24, 2.45) is 65.8 Å². The predicted octanol–water partition coefficient (Wildman–Crippen LogP) is 3.76.